The van der Waals surface area contributed by atoms with E-state index in [1.807, 2.05) is 0 Å². The number of likely N-dealkylation sites (N-methyl/N-ethyl adjacent to an activating group) is 1. The summed E-state index contributed by atoms with van der Waals surface area (Å²) in [7, 11) is 1.46. The van der Waals surface area contributed by atoms with Crippen LogP contribution in [0.5, 0.6) is 0 Å². The average molecular weight is 429 g/mol. The van der Waals surface area contributed by atoms with Gasteiger partial charge in [-0.15, -0.1) is 0 Å². The zero-order valence-corrected chi connectivity index (χ0v) is 17.0. The summed E-state index contributed by atoms with van der Waals surface area (Å²) in [5, 5.41) is 2.65. The summed E-state index contributed by atoms with van der Waals surface area (Å²) >= 11 is 0. The molecule has 30 heavy (non-hydrogen) atoms. The lowest BCUT2D eigenvalue weighted by Crippen LogP contribution is -2.46. The molecule has 2 rings (SSSR count). The van der Waals surface area contributed by atoms with Crippen LogP contribution in [0.15, 0.2) is 24.3 Å². The van der Waals surface area contributed by atoms with Gasteiger partial charge in [0.15, 0.2) is 0 Å². The van der Waals surface area contributed by atoms with E-state index in [-0.39, 0.29) is 36.6 Å². The van der Waals surface area contributed by atoms with Gasteiger partial charge in [0.2, 0.25) is 11.8 Å². The van der Waals surface area contributed by atoms with Gasteiger partial charge in [-0.05, 0) is 38.0 Å². The molecular weight excluding hydrogens is 403 g/mol. The molecule has 1 aromatic carbocycles. The van der Waals surface area contributed by atoms with Crippen molar-refractivity contribution in [3.05, 3.63) is 29.8 Å². The van der Waals surface area contributed by atoms with Crippen LogP contribution in [-0.4, -0.2) is 67.4 Å². The van der Waals surface area contributed by atoms with E-state index in [2.05, 4.69) is 5.32 Å². The highest BCUT2D eigenvalue weighted by molar-refractivity contribution is 5.87. The molecule has 0 atom stereocenters. The summed E-state index contributed by atoms with van der Waals surface area (Å²) in [6.45, 7) is 2.49. The van der Waals surface area contributed by atoms with Gasteiger partial charge < -0.3 is 19.9 Å². The minimum atomic E-state index is -4.47. The van der Waals surface area contributed by atoms with Crippen molar-refractivity contribution in [3.8, 4) is 0 Å². The SMILES string of the molecule is CCOC(=O)C1CCN(C(=O)CN(C)C(=O)CNc2cccc(C(F)(F)F)c2)CC1. The van der Waals surface area contributed by atoms with Crippen LogP contribution in [0.25, 0.3) is 0 Å². The summed E-state index contributed by atoms with van der Waals surface area (Å²) in [4.78, 5) is 39.2. The minimum absolute atomic E-state index is 0.146. The maximum Gasteiger partial charge on any atom is 0.416 e. The second-order valence-electron chi connectivity index (χ2n) is 7.09. The van der Waals surface area contributed by atoms with Crippen molar-refractivity contribution in [2.45, 2.75) is 25.9 Å². The molecule has 7 nitrogen and oxygen atoms in total. The molecule has 0 unspecified atom stereocenters. The predicted molar refractivity (Wildman–Crippen MR) is 104 cm³/mol. The van der Waals surface area contributed by atoms with Gasteiger partial charge in [-0.3, -0.25) is 14.4 Å². The molecule has 2 amide bonds. The molecule has 166 valence electrons. The first-order valence-electron chi connectivity index (χ1n) is 9.71. The number of benzene rings is 1. The van der Waals surface area contributed by atoms with E-state index in [1.165, 1.54) is 24.1 Å². The Kier molecular flexibility index (Phi) is 8.08. The quantitative estimate of drug-likeness (QED) is 0.674. The van der Waals surface area contributed by atoms with Crippen LogP contribution in [0.1, 0.15) is 25.3 Å². The standard InChI is InChI=1S/C20H26F3N3O4/c1-3-30-19(29)14-7-9-26(10-8-14)18(28)13-25(2)17(27)12-24-16-6-4-5-15(11-16)20(21,22)23/h4-6,11,14,24H,3,7-10,12-13H2,1-2H3. The number of alkyl halides is 3. The lowest BCUT2D eigenvalue weighted by molar-refractivity contribution is -0.151. The molecule has 0 saturated carbocycles. The summed E-state index contributed by atoms with van der Waals surface area (Å²) in [5.74, 6) is -1.14. The van der Waals surface area contributed by atoms with E-state index in [4.69, 9.17) is 4.74 Å². The molecule has 1 aliphatic heterocycles. The van der Waals surface area contributed by atoms with Crippen LogP contribution in [0, 0.1) is 5.92 Å². The molecule has 1 heterocycles. The van der Waals surface area contributed by atoms with E-state index in [1.54, 1.807) is 11.8 Å². The number of ether oxygens (including phenoxy) is 1. The van der Waals surface area contributed by atoms with Crippen molar-refractivity contribution in [3.63, 3.8) is 0 Å². The first-order valence-corrected chi connectivity index (χ1v) is 9.71. The Morgan fingerprint density at radius 2 is 1.90 bits per heavy atom. The fourth-order valence-corrected chi connectivity index (χ4v) is 3.13. The van der Waals surface area contributed by atoms with Crippen molar-refractivity contribution < 1.29 is 32.3 Å². The molecule has 1 N–H and O–H groups in total. The Morgan fingerprint density at radius 3 is 2.50 bits per heavy atom. The normalized spacial score (nSPS) is 14.9. The second kappa shape index (κ2) is 10.3. The summed E-state index contributed by atoms with van der Waals surface area (Å²) in [5.41, 5.74) is -0.645. The number of rotatable bonds is 7. The molecule has 1 saturated heterocycles. The van der Waals surface area contributed by atoms with E-state index in [0.717, 1.165) is 12.1 Å². The number of likely N-dealkylation sites (tertiary alicyclic amines) is 1. The number of carbonyl (C=O) groups excluding carboxylic acids is 3. The van der Waals surface area contributed by atoms with Crippen LogP contribution < -0.4 is 5.32 Å². The molecule has 0 aliphatic carbocycles. The summed E-state index contributed by atoms with van der Waals surface area (Å²) in [6, 6.07) is 4.55. The molecule has 0 aromatic heterocycles. The van der Waals surface area contributed by atoms with Crippen molar-refractivity contribution in [2.75, 3.05) is 45.2 Å². The molecule has 1 fully saturated rings. The molecule has 0 radical (unpaired) electrons. The number of hydrogen-bond acceptors (Lipinski definition) is 5. The largest absolute Gasteiger partial charge is 0.466 e. The van der Waals surface area contributed by atoms with Gasteiger partial charge in [-0.2, -0.15) is 13.2 Å². The van der Waals surface area contributed by atoms with Crippen molar-refractivity contribution >= 4 is 23.5 Å². The van der Waals surface area contributed by atoms with Gasteiger partial charge in [0.05, 0.1) is 31.2 Å². The second-order valence-corrected chi connectivity index (χ2v) is 7.09. The predicted octanol–water partition coefficient (Wildman–Crippen LogP) is 2.38. The molecule has 1 aromatic rings. The molecule has 10 heteroatoms. The number of anilines is 1. The third-order valence-corrected chi connectivity index (χ3v) is 4.90. The van der Waals surface area contributed by atoms with Crippen molar-refractivity contribution in [1.29, 1.82) is 0 Å². The molecule has 0 spiro atoms. The minimum Gasteiger partial charge on any atom is -0.466 e. The fourth-order valence-electron chi connectivity index (χ4n) is 3.13. The topological polar surface area (TPSA) is 79.0 Å². The highest BCUT2D eigenvalue weighted by atomic mass is 19.4. The molecule has 0 bridgehead atoms. The lowest BCUT2D eigenvalue weighted by Gasteiger charge is -2.32. The maximum absolute atomic E-state index is 12.8. The number of nitrogens with one attached hydrogen (secondary N) is 1. The number of nitrogens with zero attached hydrogens (tertiary/aromatic N) is 2. The number of esters is 1. The Morgan fingerprint density at radius 1 is 1.23 bits per heavy atom. The number of piperidine rings is 1. The van der Waals surface area contributed by atoms with E-state index in [0.29, 0.717) is 32.5 Å². The lowest BCUT2D eigenvalue weighted by atomic mass is 9.97. The van der Waals surface area contributed by atoms with E-state index in [9.17, 15) is 27.6 Å². The van der Waals surface area contributed by atoms with Gasteiger partial charge in [0, 0.05) is 25.8 Å². The van der Waals surface area contributed by atoms with Crippen molar-refractivity contribution in [1.82, 2.24) is 9.80 Å². The molecular formula is C20H26F3N3O4. The Hall–Kier alpha value is -2.78. The highest BCUT2D eigenvalue weighted by Gasteiger charge is 2.31. The Labute approximate surface area is 173 Å². The number of carbonyl (C=O) groups is 3. The zero-order chi connectivity index (χ0) is 22.3. The third kappa shape index (κ3) is 6.64. The van der Waals surface area contributed by atoms with E-state index < -0.39 is 17.6 Å². The van der Waals surface area contributed by atoms with Crippen LogP contribution in [-0.2, 0) is 25.3 Å². The van der Waals surface area contributed by atoms with Gasteiger partial charge in [-0.1, -0.05) is 6.07 Å². The zero-order valence-electron chi connectivity index (χ0n) is 17.0. The smallest absolute Gasteiger partial charge is 0.416 e. The Balaban J connectivity index is 1.79. The number of amides is 2. The van der Waals surface area contributed by atoms with Crippen LogP contribution in [0.3, 0.4) is 0 Å². The highest BCUT2D eigenvalue weighted by Crippen LogP contribution is 2.30. The van der Waals surface area contributed by atoms with Crippen molar-refractivity contribution in [2.24, 2.45) is 5.92 Å². The number of hydrogen-bond donors (Lipinski definition) is 1. The van der Waals surface area contributed by atoms with Crippen LogP contribution in [0.2, 0.25) is 0 Å². The first kappa shape index (κ1) is 23.5. The summed E-state index contributed by atoms with van der Waals surface area (Å²) < 4.78 is 43.3. The fraction of sp³-hybridized carbons (Fsp3) is 0.550. The average Bonchev–Trinajstić information content (AvgIpc) is 2.71. The van der Waals surface area contributed by atoms with E-state index >= 15 is 0 Å². The summed E-state index contributed by atoms with van der Waals surface area (Å²) in [6.07, 6.45) is -3.44. The number of halogens is 3. The maximum atomic E-state index is 12.8. The monoisotopic (exact) mass is 429 g/mol. The van der Waals surface area contributed by atoms with Crippen LogP contribution in [0.4, 0.5) is 18.9 Å². The van der Waals surface area contributed by atoms with Gasteiger partial charge in [0.1, 0.15) is 0 Å². The van der Waals surface area contributed by atoms with Gasteiger partial charge in [-0.25, -0.2) is 0 Å². The van der Waals surface area contributed by atoms with Crippen LogP contribution >= 0.6 is 0 Å². The Bertz CT molecular complexity index is 762. The van der Waals surface area contributed by atoms with Gasteiger partial charge >= 0.3 is 12.1 Å². The molecule has 1 aliphatic rings. The third-order valence-electron chi connectivity index (χ3n) is 4.90. The van der Waals surface area contributed by atoms with Gasteiger partial charge in [0.25, 0.3) is 0 Å². The first-order chi connectivity index (χ1) is 14.1.